The van der Waals surface area contributed by atoms with Crippen LogP contribution in [0.4, 0.5) is 5.82 Å². The van der Waals surface area contributed by atoms with Crippen LogP contribution in [0.5, 0.6) is 0 Å². The predicted molar refractivity (Wildman–Crippen MR) is 122 cm³/mol. The SMILES string of the molecule is CCc1ccc(CS(=O)(=O)NC(=O)C2CCN(c3nc(C)c(C(=O)O)cc3C#N)CC2)cc1. The van der Waals surface area contributed by atoms with Gasteiger partial charge in [-0.3, -0.25) is 9.52 Å². The number of piperidine rings is 1. The Morgan fingerprint density at radius 3 is 2.36 bits per heavy atom. The monoisotopic (exact) mass is 470 g/mol. The zero-order valence-electron chi connectivity index (χ0n) is 18.5. The lowest BCUT2D eigenvalue weighted by Crippen LogP contribution is -2.43. The molecule has 33 heavy (non-hydrogen) atoms. The topological polar surface area (TPSA) is 140 Å². The average molecular weight is 471 g/mol. The molecule has 0 spiro atoms. The summed E-state index contributed by atoms with van der Waals surface area (Å²) in [5.74, 6) is -2.07. The minimum atomic E-state index is -3.82. The maximum Gasteiger partial charge on any atom is 0.337 e. The highest BCUT2D eigenvalue weighted by molar-refractivity contribution is 7.89. The third-order valence-corrected chi connectivity index (χ3v) is 6.98. The summed E-state index contributed by atoms with van der Waals surface area (Å²) in [6.45, 7) is 4.37. The summed E-state index contributed by atoms with van der Waals surface area (Å²) in [5.41, 5.74) is 2.14. The molecular formula is C23H26N4O5S. The van der Waals surface area contributed by atoms with Gasteiger partial charge in [0, 0.05) is 19.0 Å². The number of carbonyl (C=O) groups excluding carboxylic acids is 1. The number of nitrogens with zero attached hydrogens (tertiary/aromatic N) is 3. The summed E-state index contributed by atoms with van der Waals surface area (Å²) in [7, 11) is -3.82. The van der Waals surface area contributed by atoms with E-state index in [4.69, 9.17) is 0 Å². The van der Waals surface area contributed by atoms with Crippen molar-refractivity contribution in [2.24, 2.45) is 5.92 Å². The lowest BCUT2D eigenvalue weighted by molar-refractivity contribution is -0.123. The summed E-state index contributed by atoms with van der Waals surface area (Å²) in [6.07, 6.45) is 1.63. The van der Waals surface area contributed by atoms with Gasteiger partial charge in [-0.15, -0.1) is 0 Å². The van der Waals surface area contributed by atoms with E-state index in [-0.39, 0.29) is 16.9 Å². The summed E-state index contributed by atoms with van der Waals surface area (Å²) >= 11 is 0. The number of benzene rings is 1. The van der Waals surface area contributed by atoms with Crippen molar-refractivity contribution in [3.63, 3.8) is 0 Å². The summed E-state index contributed by atoms with van der Waals surface area (Å²) < 4.78 is 27.1. The maximum atomic E-state index is 12.6. The molecule has 1 aromatic carbocycles. The number of anilines is 1. The molecule has 1 saturated heterocycles. The molecule has 174 valence electrons. The number of carboxylic acid groups (broad SMARTS) is 1. The molecule has 1 aromatic heterocycles. The third-order valence-electron chi connectivity index (χ3n) is 5.75. The van der Waals surface area contributed by atoms with Crippen LogP contribution >= 0.6 is 0 Å². The van der Waals surface area contributed by atoms with E-state index in [0.29, 0.717) is 43.0 Å². The number of sulfonamides is 1. The molecule has 1 aliphatic rings. The van der Waals surface area contributed by atoms with Gasteiger partial charge in [0.15, 0.2) is 0 Å². The Hall–Kier alpha value is -3.45. The van der Waals surface area contributed by atoms with Gasteiger partial charge in [0.2, 0.25) is 15.9 Å². The van der Waals surface area contributed by atoms with E-state index >= 15 is 0 Å². The van der Waals surface area contributed by atoms with E-state index in [1.807, 2.05) is 30.0 Å². The fraction of sp³-hybridized carbons (Fsp3) is 0.391. The smallest absolute Gasteiger partial charge is 0.337 e. The van der Waals surface area contributed by atoms with Crippen molar-refractivity contribution in [3.8, 4) is 6.07 Å². The van der Waals surface area contributed by atoms with Crippen molar-refractivity contribution in [3.05, 3.63) is 58.3 Å². The van der Waals surface area contributed by atoms with Gasteiger partial charge < -0.3 is 10.0 Å². The third kappa shape index (κ3) is 5.87. The van der Waals surface area contributed by atoms with E-state index in [2.05, 4.69) is 9.71 Å². The molecule has 1 amide bonds. The Balaban J connectivity index is 1.62. The van der Waals surface area contributed by atoms with Gasteiger partial charge in [0.1, 0.15) is 11.9 Å². The first-order chi connectivity index (χ1) is 15.6. The molecule has 10 heteroatoms. The normalized spacial score (nSPS) is 14.5. The first kappa shape index (κ1) is 24.2. The summed E-state index contributed by atoms with van der Waals surface area (Å²) in [6, 6.07) is 10.5. The number of rotatable bonds is 7. The number of pyridine rings is 1. The number of hydrogen-bond acceptors (Lipinski definition) is 7. The lowest BCUT2D eigenvalue weighted by atomic mass is 9.96. The number of nitrogens with one attached hydrogen (secondary N) is 1. The number of hydrogen-bond donors (Lipinski definition) is 2. The highest BCUT2D eigenvalue weighted by Gasteiger charge is 2.29. The van der Waals surface area contributed by atoms with Gasteiger partial charge in [0.05, 0.1) is 22.6 Å². The van der Waals surface area contributed by atoms with Gasteiger partial charge in [-0.1, -0.05) is 31.2 Å². The molecule has 1 fully saturated rings. The molecule has 0 bridgehead atoms. The zero-order valence-corrected chi connectivity index (χ0v) is 19.4. The van der Waals surface area contributed by atoms with E-state index in [0.717, 1.165) is 12.0 Å². The fourth-order valence-electron chi connectivity index (χ4n) is 3.85. The van der Waals surface area contributed by atoms with Crippen LogP contribution < -0.4 is 9.62 Å². The Morgan fingerprint density at radius 1 is 1.21 bits per heavy atom. The number of aromatic nitrogens is 1. The van der Waals surface area contributed by atoms with Crippen LogP contribution in [0.3, 0.4) is 0 Å². The zero-order chi connectivity index (χ0) is 24.2. The van der Waals surface area contributed by atoms with Crippen molar-refractivity contribution in [2.45, 2.75) is 38.9 Å². The average Bonchev–Trinajstić information content (AvgIpc) is 2.78. The van der Waals surface area contributed by atoms with Crippen LogP contribution in [0.1, 0.15) is 52.5 Å². The molecule has 2 N–H and O–H groups in total. The number of aryl methyl sites for hydroxylation is 2. The highest BCUT2D eigenvalue weighted by Crippen LogP contribution is 2.26. The quantitative estimate of drug-likeness (QED) is 0.628. The lowest BCUT2D eigenvalue weighted by Gasteiger charge is -2.32. The summed E-state index contributed by atoms with van der Waals surface area (Å²) in [4.78, 5) is 30.0. The fourth-order valence-corrected chi connectivity index (χ4v) is 5.03. The van der Waals surface area contributed by atoms with Crippen molar-refractivity contribution in [1.82, 2.24) is 9.71 Å². The molecule has 0 saturated carbocycles. The highest BCUT2D eigenvalue weighted by atomic mass is 32.2. The second-order valence-corrected chi connectivity index (χ2v) is 9.79. The first-order valence-corrected chi connectivity index (χ1v) is 12.3. The molecule has 0 radical (unpaired) electrons. The molecule has 0 unspecified atom stereocenters. The number of nitriles is 1. The molecular weight excluding hydrogens is 444 g/mol. The van der Waals surface area contributed by atoms with Gasteiger partial charge in [-0.05, 0) is 43.4 Å². The van der Waals surface area contributed by atoms with Crippen LogP contribution in [0.25, 0.3) is 0 Å². The molecule has 3 rings (SSSR count). The van der Waals surface area contributed by atoms with Crippen molar-refractivity contribution in [2.75, 3.05) is 18.0 Å². The van der Waals surface area contributed by atoms with Crippen molar-refractivity contribution < 1.29 is 23.1 Å². The Bertz CT molecular complexity index is 1190. The van der Waals surface area contributed by atoms with Crippen molar-refractivity contribution >= 4 is 27.7 Å². The number of amides is 1. The van der Waals surface area contributed by atoms with Crippen LogP contribution in [-0.2, 0) is 27.0 Å². The minimum absolute atomic E-state index is 0.0286. The number of carbonyl (C=O) groups is 2. The van der Waals surface area contributed by atoms with Gasteiger partial charge in [0.25, 0.3) is 0 Å². The Morgan fingerprint density at radius 2 is 1.82 bits per heavy atom. The van der Waals surface area contributed by atoms with Crippen LogP contribution in [0.2, 0.25) is 0 Å². The molecule has 9 nitrogen and oxygen atoms in total. The maximum absolute atomic E-state index is 12.6. The predicted octanol–water partition coefficient (Wildman–Crippen LogP) is 2.38. The standard InChI is InChI=1S/C23H26N4O5S/c1-3-16-4-6-17(7-5-16)14-33(31,32)26-22(28)18-8-10-27(11-9-18)21-19(13-24)12-20(23(29)30)15(2)25-21/h4-7,12,18H,3,8-11,14H2,1-2H3,(H,26,28)(H,29,30). The molecule has 0 atom stereocenters. The first-order valence-electron chi connectivity index (χ1n) is 10.7. The van der Waals surface area contributed by atoms with Gasteiger partial charge >= 0.3 is 5.97 Å². The van der Waals surface area contributed by atoms with E-state index in [1.54, 1.807) is 19.1 Å². The van der Waals surface area contributed by atoms with E-state index in [9.17, 15) is 28.4 Å². The van der Waals surface area contributed by atoms with E-state index in [1.165, 1.54) is 6.07 Å². The molecule has 0 aliphatic carbocycles. The second-order valence-electron chi connectivity index (χ2n) is 8.07. The van der Waals surface area contributed by atoms with E-state index < -0.39 is 27.8 Å². The molecule has 2 aromatic rings. The molecule has 1 aliphatic heterocycles. The largest absolute Gasteiger partial charge is 0.478 e. The van der Waals surface area contributed by atoms with Crippen LogP contribution in [0, 0.1) is 24.2 Å². The number of carboxylic acids is 1. The summed E-state index contributed by atoms with van der Waals surface area (Å²) in [5, 5.41) is 18.7. The molecule has 2 heterocycles. The Kier molecular flexibility index (Phi) is 7.33. The van der Waals surface area contributed by atoms with Gasteiger partial charge in [-0.2, -0.15) is 5.26 Å². The minimum Gasteiger partial charge on any atom is -0.478 e. The second kappa shape index (κ2) is 10.0. The van der Waals surface area contributed by atoms with Crippen molar-refractivity contribution in [1.29, 1.82) is 5.26 Å². The van der Waals surface area contributed by atoms with Crippen LogP contribution in [0.15, 0.2) is 30.3 Å². The number of aromatic carboxylic acids is 1. The van der Waals surface area contributed by atoms with Crippen LogP contribution in [-0.4, -0.2) is 43.5 Å². The van der Waals surface area contributed by atoms with Gasteiger partial charge in [-0.25, -0.2) is 18.2 Å². The Labute approximate surface area is 193 Å².